The maximum Gasteiger partial charge on any atom is 0.208 e. The van der Waals surface area contributed by atoms with Crippen molar-refractivity contribution < 1.29 is 0 Å². The van der Waals surface area contributed by atoms with Crippen LogP contribution in [0.5, 0.6) is 0 Å². The van der Waals surface area contributed by atoms with Gasteiger partial charge in [0.1, 0.15) is 5.69 Å². The summed E-state index contributed by atoms with van der Waals surface area (Å²) < 4.78 is 0. The van der Waals surface area contributed by atoms with Crippen molar-refractivity contribution in [3.63, 3.8) is 0 Å². The molecule has 2 aromatic rings. The number of rotatable bonds is 2. The van der Waals surface area contributed by atoms with Gasteiger partial charge in [-0.1, -0.05) is 56.8 Å². The average Bonchev–Trinajstić information content (AvgIpc) is 2.38. The molecule has 0 unspecified atom stereocenters. The topological polar surface area (TPSA) is 38.7 Å². The molecule has 0 saturated carbocycles. The molecule has 1 aromatic carbocycles. The molecule has 0 radical (unpaired) electrons. The Morgan fingerprint density at radius 2 is 1.67 bits per heavy atom. The van der Waals surface area contributed by atoms with Crippen molar-refractivity contribution in [1.82, 2.24) is 15.2 Å². The number of aromatic nitrogens is 3. The first kappa shape index (κ1) is 13.0. The van der Waals surface area contributed by atoms with Crippen molar-refractivity contribution in [2.45, 2.75) is 31.3 Å². The average molecular weight is 259 g/mol. The second-order valence-corrected chi connectivity index (χ2v) is 5.93. The maximum atomic E-state index is 4.23. The van der Waals surface area contributed by atoms with Crippen LogP contribution in [-0.2, 0) is 5.41 Å². The van der Waals surface area contributed by atoms with E-state index in [2.05, 4.69) is 60.2 Å². The van der Waals surface area contributed by atoms with Gasteiger partial charge in [-0.2, -0.15) is 0 Å². The van der Waals surface area contributed by atoms with E-state index in [9.17, 15) is 0 Å². The summed E-state index contributed by atoms with van der Waals surface area (Å²) in [6.07, 6.45) is 3.71. The molecule has 18 heavy (non-hydrogen) atoms. The number of thioether (sulfide) groups is 1. The quantitative estimate of drug-likeness (QED) is 0.773. The second kappa shape index (κ2) is 5.06. The number of benzene rings is 1. The fourth-order valence-corrected chi connectivity index (χ4v) is 1.91. The molecule has 1 heterocycles. The van der Waals surface area contributed by atoms with Gasteiger partial charge < -0.3 is 0 Å². The van der Waals surface area contributed by atoms with Gasteiger partial charge in [-0.05, 0) is 17.2 Å². The molecular formula is C14H17N3S. The predicted molar refractivity (Wildman–Crippen MR) is 75.7 cm³/mol. The molecule has 0 aliphatic rings. The summed E-state index contributed by atoms with van der Waals surface area (Å²) in [5.41, 5.74) is 3.35. The minimum absolute atomic E-state index is 0.172. The van der Waals surface area contributed by atoms with E-state index in [1.165, 1.54) is 17.3 Å². The van der Waals surface area contributed by atoms with Crippen LogP contribution >= 0.6 is 11.8 Å². The van der Waals surface area contributed by atoms with Gasteiger partial charge >= 0.3 is 0 Å². The van der Waals surface area contributed by atoms with Crippen LogP contribution in [0.1, 0.15) is 26.3 Å². The molecule has 1 aromatic heterocycles. The van der Waals surface area contributed by atoms with Crippen molar-refractivity contribution >= 4 is 11.8 Å². The Morgan fingerprint density at radius 1 is 1.00 bits per heavy atom. The zero-order valence-corrected chi connectivity index (χ0v) is 12.0. The Bertz CT molecular complexity index is 512. The molecule has 0 bridgehead atoms. The van der Waals surface area contributed by atoms with Crippen LogP contribution in [0.15, 0.2) is 35.6 Å². The monoisotopic (exact) mass is 259 g/mol. The predicted octanol–water partition coefficient (Wildman–Crippen LogP) is 3.56. The lowest BCUT2D eigenvalue weighted by molar-refractivity contribution is 0.590. The summed E-state index contributed by atoms with van der Waals surface area (Å²) in [6.45, 7) is 6.61. The molecule has 0 atom stereocenters. The number of nitrogens with zero attached hydrogens (tertiary/aromatic N) is 3. The molecule has 0 fully saturated rings. The highest BCUT2D eigenvalue weighted by Crippen LogP contribution is 2.25. The first-order chi connectivity index (χ1) is 8.50. The molecule has 0 saturated heterocycles. The zero-order chi connectivity index (χ0) is 13.2. The van der Waals surface area contributed by atoms with Crippen LogP contribution in [0, 0.1) is 0 Å². The van der Waals surface area contributed by atoms with E-state index in [1.807, 2.05) is 6.26 Å². The molecule has 0 N–H and O–H groups in total. The highest BCUT2D eigenvalue weighted by molar-refractivity contribution is 7.98. The summed E-state index contributed by atoms with van der Waals surface area (Å²) in [5.74, 6) is 0. The molecule has 94 valence electrons. The smallest absolute Gasteiger partial charge is 0.208 e. The van der Waals surface area contributed by atoms with E-state index in [0.717, 1.165) is 11.3 Å². The van der Waals surface area contributed by atoms with Gasteiger partial charge in [-0.15, -0.1) is 10.2 Å². The Kier molecular flexibility index (Phi) is 3.66. The van der Waals surface area contributed by atoms with Crippen molar-refractivity contribution in [3.8, 4) is 11.3 Å². The minimum atomic E-state index is 0.172. The Morgan fingerprint density at radius 3 is 2.11 bits per heavy atom. The van der Waals surface area contributed by atoms with Gasteiger partial charge in [-0.3, -0.25) is 0 Å². The van der Waals surface area contributed by atoms with Crippen LogP contribution in [0.2, 0.25) is 0 Å². The van der Waals surface area contributed by atoms with Gasteiger partial charge in [0.15, 0.2) is 0 Å². The van der Waals surface area contributed by atoms with E-state index in [1.54, 1.807) is 6.20 Å². The van der Waals surface area contributed by atoms with E-state index in [-0.39, 0.29) is 5.41 Å². The van der Waals surface area contributed by atoms with Crippen LogP contribution in [0.25, 0.3) is 11.3 Å². The lowest BCUT2D eigenvalue weighted by Crippen LogP contribution is -2.10. The van der Waals surface area contributed by atoms with Crippen molar-refractivity contribution in [1.29, 1.82) is 0 Å². The van der Waals surface area contributed by atoms with Crippen LogP contribution in [-0.4, -0.2) is 21.4 Å². The third-order valence-electron chi connectivity index (χ3n) is 2.77. The third kappa shape index (κ3) is 2.88. The molecular weight excluding hydrogens is 242 g/mol. The van der Waals surface area contributed by atoms with Gasteiger partial charge in [0.25, 0.3) is 0 Å². The van der Waals surface area contributed by atoms with Crippen molar-refractivity contribution in [2.75, 3.05) is 6.26 Å². The highest BCUT2D eigenvalue weighted by Gasteiger charge is 2.13. The van der Waals surface area contributed by atoms with E-state index in [4.69, 9.17) is 0 Å². The van der Waals surface area contributed by atoms with E-state index in [0.29, 0.717) is 5.16 Å². The number of hydrogen-bond acceptors (Lipinski definition) is 4. The summed E-state index contributed by atoms with van der Waals surface area (Å²) in [4.78, 5) is 4.23. The molecule has 0 amide bonds. The SMILES string of the molecule is CSc1ncc(-c2ccc(C(C)(C)C)cc2)nn1. The maximum absolute atomic E-state index is 4.23. The van der Waals surface area contributed by atoms with Gasteiger partial charge in [0.05, 0.1) is 6.20 Å². The fourth-order valence-electron chi connectivity index (χ4n) is 1.63. The first-order valence-electron chi connectivity index (χ1n) is 5.85. The minimum Gasteiger partial charge on any atom is -0.227 e. The second-order valence-electron chi connectivity index (χ2n) is 5.16. The normalized spacial score (nSPS) is 11.6. The van der Waals surface area contributed by atoms with Gasteiger partial charge in [-0.25, -0.2) is 4.98 Å². The first-order valence-corrected chi connectivity index (χ1v) is 7.08. The molecule has 3 nitrogen and oxygen atoms in total. The van der Waals surface area contributed by atoms with Crippen molar-refractivity contribution in [2.24, 2.45) is 0 Å². The Hall–Kier alpha value is -1.42. The molecule has 0 aliphatic carbocycles. The van der Waals surface area contributed by atoms with Crippen LogP contribution < -0.4 is 0 Å². The zero-order valence-electron chi connectivity index (χ0n) is 11.1. The van der Waals surface area contributed by atoms with E-state index >= 15 is 0 Å². The molecule has 4 heteroatoms. The Balaban J connectivity index is 2.28. The van der Waals surface area contributed by atoms with Crippen LogP contribution in [0.4, 0.5) is 0 Å². The summed E-state index contributed by atoms with van der Waals surface area (Å²) in [7, 11) is 0. The molecule has 0 aliphatic heterocycles. The van der Waals surface area contributed by atoms with Gasteiger partial charge in [0.2, 0.25) is 5.16 Å². The largest absolute Gasteiger partial charge is 0.227 e. The standard InChI is InChI=1S/C14H17N3S/c1-14(2,3)11-7-5-10(6-8-11)12-9-15-13(18-4)17-16-12/h5-9H,1-4H3. The number of hydrogen-bond donors (Lipinski definition) is 0. The molecule has 0 spiro atoms. The lowest BCUT2D eigenvalue weighted by atomic mass is 9.86. The van der Waals surface area contributed by atoms with Gasteiger partial charge in [0, 0.05) is 5.56 Å². The third-order valence-corrected chi connectivity index (χ3v) is 3.32. The Labute approximate surface area is 112 Å². The summed E-state index contributed by atoms with van der Waals surface area (Å²) in [6, 6.07) is 8.43. The highest BCUT2D eigenvalue weighted by atomic mass is 32.2. The summed E-state index contributed by atoms with van der Waals surface area (Å²) in [5, 5.41) is 8.92. The van der Waals surface area contributed by atoms with Crippen LogP contribution in [0.3, 0.4) is 0 Å². The summed E-state index contributed by atoms with van der Waals surface area (Å²) >= 11 is 1.49. The lowest BCUT2D eigenvalue weighted by Gasteiger charge is -2.18. The molecule has 2 rings (SSSR count). The van der Waals surface area contributed by atoms with Crippen molar-refractivity contribution in [3.05, 3.63) is 36.0 Å². The van der Waals surface area contributed by atoms with E-state index < -0.39 is 0 Å². The fraction of sp³-hybridized carbons (Fsp3) is 0.357.